The van der Waals surface area contributed by atoms with Crippen LogP contribution in [-0.4, -0.2) is 5.54 Å². The Morgan fingerprint density at radius 3 is 2.67 bits per heavy atom. The fourth-order valence-electron chi connectivity index (χ4n) is 2.82. The normalized spacial score (nSPS) is 43.5. The molecule has 2 aliphatic carbocycles. The van der Waals surface area contributed by atoms with Crippen LogP contribution < -0.4 is 5.73 Å². The van der Waals surface area contributed by atoms with Gasteiger partial charge in [-0.2, -0.15) is 0 Å². The molecule has 70 valence electrons. The molecule has 0 radical (unpaired) electrons. The summed E-state index contributed by atoms with van der Waals surface area (Å²) in [6.07, 6.45) is 9.58. The van der Waals surface area contributed by atoms with E-state index in [1.807, 2.05) is 0 Å². The van der Waals surface area contributed by atoms with E-state index in [0.29, 0.717) is 5.54 Å². The fourth-order valence-corrected chi connectivity index (χ4v) is 2.82. The van der Waals surface area contributed by atoms with Crippen molar-refractivity contribution in [2.75, 3.05) is 0 Å². The van der Waals surface area contributed by atoms with Crippen molar-refractivity contribution < 1.29 is 0 Å². The predicted molar refractivity (Wildman–Crippen MR) is 51.9 cm³/mol. The van der Waals surface area contributed by atoms with Crippen molar-refractivity contribution in [3.63, 3.8) is 0 Å². The number of nitrogens with two attached hydrogens (primary N) is 1. The second-order valence-electron chi connectivity index (χ2n) is 4.85. The summed E-state index contributed by atoms with van der Waals surface area (Å²) < 4.78 is 0. The summed E-state index contributed by atoms with van der Waals surface area (Å²) in [5.41, 5.74) is 6.57. The standard InChI is InChI=1S/C11H21N/c1-2-3-4-5-6-11(12)8-9-7-10(9)11/h9-10H,2-8,12H2,1H3. The second-order valence-corrected chi connectivity index (χ2v) is 4.85. The van der Waals surface area contributed by atoms with Crippen molar-refractivity contribution in [1.29, 1.82) is 0 Å². The average molecular weight is 167 g/mol. The topological polar surface area (TPSA) is 26.0 Å². The highest BCUT2D eigenvalue weighted by Crippen LogP contribution is 2.62. The zero-order valence-electron chi connectivity index (χ0n) is 8.18. The van der Waals surface area contributed by atoms with Crippen LogP contribution in [0.5, 0.6) is 0 Å². The molecular formula is C11H21N. The van der Waals surface area contributed by atoms with E-state index in [1.165, 1.54) is 44.9 Å². The third kappa shape index (κ3) is 1.39. The number of fused-ring (bicyclic) bond motifs is 1. The van der Waals surface area contributed by atoms with Gasteiger partial charge in [-0.1, -0.05) is 32.6 Å². The average Bonchev–Trinajstić information content (AvgIpc) is 2.72. The van der Waals surface area contributed by atoms with Crippen LogP contribution in [-0.2, 0) is 0 Å². The maximum atomic E-state index is 6.27. The molecule has 0 saturated heterocycles. The molecule has 12 heavy (non-hydrogen) atoms. The van der Waals surface area contributed by atoms with Crippen molar-refractivity contribution in [2.45, 2.75) is 57.4 Å². The van der Waals surface area contributed by atoms with Crippen molar-refractivity contribution in [1.82, 2.24) is 0 Å². The van der Waals surface area contributed by atoms with Gasteiger partial charge in [0.1, 0.15) is 0 Å². The molecule has 0 aromatic rings. The van der Waals surface area contributed by atoms with Gasteiger partial charge in [0.25, 0.3) is 0 Å². The third-order valence-corrected chi connectivity index (χ3v) is 3.80. The summed E-state index contributed by atoms with van der Waals surface area (Å²) in [6, 6.07) is 0. The van der Waals surface area contributed by atoms with Gasteiger partial charge >= 0.3 is 0 Å². The third-order valence-electron chi connectivity index (χ3n) is 3.80. The maximum absolute atomic E-state index is 6.27. The Balaban J connectivity index is 1.60. The highest BCUT2D eigenvalue weighted by atomic mass is 14.9. The first-order chi connectivity index (χ1) is 5.76. The molecule has 2 fully saturated rings. The van der Waals surface area contributed by atoms with E-state index in [4.69, 9.17) is 5.73 Å². The Labute approximate surface area is 75.7 Å². The lowest BCUT2D eigenvalue weighted by atomic mass is 9.74. The first-order valence-electron chi connectivity index (χ1n) is 5.55. The molecule has 0 spiro atoms. The van der Waals surface area contributed by atoms with E-state index in [2.05, 4.69) is 6.92 Å². The van der Waals surface area contributed by atoms with Gasteiger partial charge in [-0.25, -0.2) is 0 Å². The van der Waals surface area contributed by atoms with Crippen molar-refractivity contribution in [2.24, 2.45) is 17.6 Å². The monoisotopic (exact) mass is 167 g/mol. The molecule has 0 aromatic heterocycles. The van der Waals surface area contributed by atoms with Gasteiger partial charge in [0.15, 0.2) is 0 Å². The van der Waals surface area contributed by atoms with Gasteiger partial charge in [-0.3, -0.25) is 0 Å². The van der Waals surface area contributed by atoms with Crippen LogP contribution in [0.15, 0.2) is 0 Å². The fraction of sp³-hybridized carbons (Fsp3) is 1.00. The predicted octanol–water partition coefficient (Wildman–Crippen LogP) is 2.69. The van der Waals surface area contributed by atoms with Crippen molar-refractivity contribution >= 4 is 0 Å². The summed E-state index contributed by atoms with van der Waals surface area (Å²) >= 11 is 0. The lowest BCUT2D eigenvalue weighted by Gasteiger charge is -2.37. The minimum atomic E-state index is 0.304. The molecule has 1 nitrogen and oxygen atoms in total. The zero-order valence-corrected chi connectivity index (χ0v) is 8.18. The number of hydrogen-bond donors (Lipinski definition) is 1. The lowest BCUT2D eigenvalue weighted by molar-refractivity contribution is 0.203. The van der Waals surface area contributed by atoms with Gasteiger partial charge in [0, 0.05) is 5.54 Å². The van der Waals surface area contributed by atoms with Crippen LogP contribution in [0.3, 0.4) is 0 Å². The van der Waals surface area contributed by atoms with E-state index < -0.39 is 0 Å². The van der Waals surface area contributed by atoms with E-state index in [0.717, 1.165) is 11.8 Å². The Bertz CT molecular complexity index is 166. The highest BCUT2D eigenvalue weighted by molar-refractivity contribution is 5.15. The van der Waals surface area contributed by atoms with Gasteiger partial charge in [-0.15, -0.1) is 0 Å². The summed E-state index contributed by atoms with van der Waals surface area (Å²) in [6.45, 7) is 2.26. The molecular weight excluding hydrogens is 146 g/mol. The molecule has 2 rings (SSSR count). The molecule has 3 atom stereocenters. The van der Waals surface area contributed by atoms with Gasteiger partial charge in [0.05, 0.1) is 0 Å². The van der Waals surface area contributed by atoms with Crippen LogP contribution in [0, 0.1) is 11.8 Å². The van der Waals surface area contributed by atoms with E-state index in [9.17, 15) is 0 Å². The van der Waals surface area contributed by atoms with E-state index in [1.54, 1.807) is 0 Å². The summed E-state index contributed by atoms with van der Waals surface area (Å²) in [4.78, 5) is 0. The largest absolute Gasteiger partial charge is 0.325 e. The molecule has 0 amide bonds. The summed E-state index contributed by atoms with van der Waals surface area (Å²) in [5, 5.41) is 0. The summed E-state index contributed by atoms with van der Waals surface area (Å²) in [5.74, 6) is 2.00. The van der Waals surface area contributed by atoms with E-state index >= 15 is 0 Å². The Kier molecular flexibility index (Phi) is 2.16. The second kappa shape index (κ2) is 3.02. The molecule has 2 aliphatic rings. The van der Waals surface area contributed by atoms with Crippen LogP contribution in [0.4, 0.5) is 0 Å². The van der Waals surface area contributed by atoms with Crippen molar-refractivity contribution in [3.05, 3.63) is 0 Å². The number of hydrogen-bond acceptors (Lipinski definition) is 1. The molecule has 0 aliphatic heterocycles. The molecule has 2 saturated carbocycles. The molecule has 1 heteroatoms. The summed E-state index contributed by atoms with van der Waals surface area (Å²) in [7, 11) is 0. The number of rotatable bonds is 5. The van der Waals surface area contributed by atoms with Gasteiger partial charge in [-0.05, 0) is 31.1 Å². The Hall–Kier alpha value is -0.0400. The van der Waals surface area contributed by atoms with Crippen LogP contribution >= 0.6 is 0 Å². The SMILES string of the molecule is CCCCCCC1(N)CC2CC21. The van der Waals surface area contributed by atoms with Gasteiger partial charge < -0.3 is 5.73 Å². The quantitative estimate of drug-likeness (QED) is 0.626. The minimum absolute atomic E-state index is 0.304. The first-order valence-corrected chi connectivity index (χ1v) is 5.55. The molecule has 0 heterocycles. The van der Waals surface area contributed by atoms with Gasteiger partial charge in [0.2, 0.25) is 0 Å². The Morgan fingerprint density at radius 2 is 2.17 bits per heavy atom. The number of unbranched alkanes of at least 4 members (excludes halogenated alkanes) is 3. The molecule has 3 unspecified atom stereocenters. The highest BCUT2D eigenvalue weighted by Gasteiger charge is 2.60. The van der Waals surface area contributed by atoms with Crippen LogP contribution in [0.25, 0.3) is 0 Å². The minimum Gasteiger partial charge on any atom is -0.325 e. The molecule has 2 N–H and O–H groups in total. The zero-order chi connectivity index (χ0) is 8.60. The molecule has 0 aromatic carbocycles. The smallest absolute Gasteiger partial charge is 0.0188 e. The Morgan fingerprint density at radius 1 is 1.33 bits per heavy atom. The van der Waals surface area contributed by atoms with Crippen molar-refractivity contribution in [3.8, 4) is 0 Å². The molecule has 0 bridgehead atoms. The van der Waals surface area contributed by atoms with Crippen LogP contribution in [0.2, 0.25) is 0 Å². The lowest BCUT2D eigenvalue weighted by Crippen LogP contribution is -2.49. The first kappa shape index (κ1) is 8.55. The van der Waals surface area contributed by atoms with Crippen LogP contribution in [0.1, 0.15) is 51.9 Å². The maximum Gasteiger partial charge on any atom is 0.0188 e. The van der Waals surface area contributed by atoms with E-state index in [-0.39, 0.29) is 0 Å².